The van der Waals surface area contributed by atoms with Gasteiger partial charge < -0.3 is 4.42 Å². The number of halogens is 1. The van der Waals surface area contributed by atoms with Crippen LogP contribution in [0.15, 0.2) is 75.3 Å². The van der Waals surface area contributed by atoms with Crippen LogP contribution in [0.3, 0.4) is 0 Å². The van der Waals surface area contributed by atoms with Crippen LogP contribution < -0.4 is 0 Å². The zero-order valence-electron chi connectivity index (χ0n) is 16.4. The molecule has 0 spiro atoms. The van der Waals surface area contributed by atoms with Gasteiger partial charge in [0.1, 0.15) is 12.0 Å². The second-order valence-corrected chi connectivity index (χ2v) is 8.75. The summed E-state index contributed by atoms with van der Waals surface area (Å²) >= 11 is 3.74. The third-order valence-electron chi connectivity index (χ3n) is 5.90. The lowest BCUT2D eigenvalue weighted by Crippen LogP contribution is -2.08. The molecule has 0 bridgehead atoms. The van der Waals surface area contributed by atoms with Gasteiger partial charge in [-0.2, -0.15) is 0 Å². The van der Waals surface area contributed by atoms with Crippen molar-refractivity contribution in [2.24, 2.45) is 4.99 Å². The SMILES string of the molecule is C[C@@H]1N=C(c2ccccc2Br)c2cc(C3CC3)ccc2-n2cnc(-c3cnco3)c21. The molecule has 0 N–H and O–H groups in total. The van der Waals surface area contributed by atoms with Crippen molar-refractivity contribution in [3.63, 3.8) is 0 Å². The Morgan fingerprint density at radius 1 is 1.10 bits per heavy atom. The minimum Gasteiger partial charge on any atom is -0.442 e. The third-order valence-corrected chi connectivity index (χ3v) is 6.59. The number of aromatic nitrogens is 3. The van der Waals surface area contributed by atoms with Crippen molar-refractivity contribution in [1.82, 2.24) is 14.5 Å². The fourth-order valence-electron chi connectivity index (χ4n) is 4.29. The molecular formula is C24H19BrN4O. The van der Waals surface area contributed by atoms with Crippen LogP contribution >= 0.6 is 15.9 Å². The molecule has 0 unspecified atom stereocenters. The molecule has 0 saturated heterocycles. The molecule has 3 heterocycles. The Labute approximate surface area is 182 Å². The summed E-state index contributed by atoms with van der Waals surface area (Å²) in [7, 11) is 0. The van der Waals surface area contributed by atoms with Crippen LogP contribution in [0.5, 0.6) is 0 Å². The zero-order valence-corrected chi connectivity index (χ0v) is 18.0. The van der Waals surface area contributed by atoms with Crippen molar-refractivity contribution in [2.75, 3.05) is 0 Å². The second-order valence-electron chi connectivity index (χ2n) is 7.90. The molecule has 1 aliphatic heterocycles. The van der Waals surface area contributed by atoms with E-state index < -0.39 is 0 Å². The van der Waals surface area contributed by atoms with E-state index in [1.165, 1.54) is 24.8 Å². The van der Waals surface area contributed by atoms with Crippen LogP contribution in [0.1, 0.15) is 54.1 Å². The molecule has 2 aromatic heterocycles. The lowest BCUT2D eigenvalue weighted by atomic mass is 9.97. The highest BCUT2D eigenvalue weighted by Crippen LogP contribution is 2.43. The quantitative estimate of drug-likeness (QED) is 0.373. The summed E-state index contributed by atoms with van der Waals surface area (Å²) in [6, 6.07) is 15.0. The number of benzene rings is 2. The van der Waals surface area contributed by atoms with Gasteiger partial charge >= 0.3 is 0 Å². The van der Waals surface area contributed by atoms with Gasteiger partial charge in [0.05, 0.1) is 29.3 Å². The monoisotopic (exact) mass is 458 g/mol. The molecule has 5 nitrogen and oxygen atoms in total. The predicted molar refractivity (Wildman–Crippen MR) is 119 cm³/mol. The molecule has 2 aromatic carbocycles. The first-order chi connectivity index (χ1) is 14.7. The Morgan fingerprint density at radius 3 is 2.73 bits per heavy atom. The van der Waals surface area contributed by atoms with Gasteiger partial charge in [0.2, 0.25) is 0 Å². The highest BCUT2D eigenvalue weighted by Gasteiger charge is 2.30. The zero-order chi connectivity index (χ0) is 20.2. The number of fused-ring (bicyclic) bond motifs is 3. The van der Waals surface area contributed by atoms with E-state index in [4.69, 9.17) is 9.41 Å². The lowest BCUT2D eigenvalue weighted by Gasteiger charge is -2.14. The number of imidazole rings is 1. The summed E-state index contributed by atoms with van der Waals surface area (Å²) in [5.41, 5.74) is 7.51. The molecule has 1 saturated carbocycles. The Morgan fingerprint density at radius 2 is 1.97 bits per heavy atom. The average Bonchev–Trinajstić information content (AvgIpc) is 3.31. The standard InChI is InChI=1S/C24H19BrN4O/c1-14-24-23(21-11-26-13-30-21)27-12-29(24)20-9-8-16(15-6-7-15)10-18(20)22(28-14)17-4-2-3-5-19(17)25/h2-5,8-15H,6-7H2,1H3/t14-/m0/s1. The lowest BCUT2D eigenvalue weighted by molar-refractivity contribution is 0.568. The van der Waals surface area contributed by atoms with Gasteiger partial charge in [-0.05, 0) is 49.4 Å². The predicted octanol–water partition coefficient (Wildman–Crippen LogP) is 6.08. The van der Waals surface area contributed by atoms with Crippen LogP contribution in [0.4, 0.5) is 0 Å². The van der Waals surface area contributed by atoms with Gasteiger partial charge in [-0.15, -0.1) is 0 Å². The summed E-state index contributed by atoms with van der Waals surface area (Å²) in [6.07, 6.45) is 7.55. The first-order valence-electron chi connectivity index (χ1n) is 10.1. The number of nitrogens with zero attached hydrogens (tertiary/aromatic N) is 4. The van der Waals surface area contributed by atoms with Gasteiger partial charge in [-0.1, -0.05) is 40.2 Å². The normalized spacial score (nSPS) is 17.8. The average molecular weight is 459 g/mol. The van der Waals surface area contributed by atoms with E-state index in [-0.39, 0.29) is 6.04 Å². The number of oxazole rings is 1. The molecule has 2 aliphatic rings. The van der Waals surface area contributed by atoms with Gasteiger partial charge in [0.25, 0.3) is 0 Å². The smallest absolute Gasteiger partial charge is 0.181 e. The molecule has 1 atom stereocenters. The Bertz CT molecular complexity index is 1280. The number of aliphatic imine (C=N–C) groups is 1. The maximum Gasteiger partial charge on any atom is 0.181 e. The Balaban J connectivity index is 1.63. The van der Waals surface area contributed by atoms with Gasteiger partial charge in [-0.25, -0.2) is 9.97 Å². The molecule has 6 rings (SSSR count). The van der Waals surface area contributed by atoms with Gasteiger partial charge in [0.15, 0.2) is 12.2 Å². The van der Waals surface area contributed by atoms with Crippen molar-refractivity contribution in [2.45, 2.75) is 31.7 Å². The maximum absolute atomic E-state index is 5.57. The van der Waals surface area contributed by atoms with Gasteiger partial charge in [-0.3, -0.25) is 9.56 Å². The molecular weight excluding hydrogens is 440 g/mol. The van der Waals surface area contributed by atoms with E-state index in [9.17, 15) is 0 Å². The minimum atomic E-state index is -0.105. The highest BCUT2D eigenvalue weighted by atomic mass is 79.9. The number of rotatable bonds is 3. The van der Waals surface area contributed by atoms with Crippen molar-refractivity contribution < 1.29 is 4.42 Å². The fraction of sp³-hybridized carbons (Fsp3) is 0.208. The van der Waals surface area contributed by atoms with Crippen LogP contribution in [-0.4, -0.2) is 20.2 Å². The van der Waals surface area contributed by atoms with Crippen LogP contribution in [0, 0.1) is 0 Å². The first kappa shape index (κ1) is 17.8. The highest BCUT2D eigenvalue weighted by molar-refractivity contribution is 9.10. The first-order valence-corrected chi connectivity index (χ1v) is 10.9. The maximum atomic E-state index is 5.57. The molecule has 1 aliphatic carbocycles. The topological polar surface area (TPSA) is 56.2 Å². The van der Waals surface area contributed by atoms with Crippen LogP contribution in [-0.2, 0) is 0 Å². The number of hydrogen-bond acceptors (Lipinski definition) is 4. The summed E-state index contributed by atoms with van der Waals surface area (Å²) in [6.45, 7) is 2.11. The summed E-state index contributed by atoms with van der Waals surface area (Å²) < 4.78 is 8.76. The molecule has 1 fully saturated rings. The molecule has 4 aromatic rings. The van der Waals surface area contributed by atoms with Crippen LogP contribution in [0.2, 0.25) is 0 Å². The van der Waals surface area contributed by atoms with E-state index in [0.717, 1.165) is 38.4 Å². The molecule has 0 radical (unpaired) electrons. The Kier molecular flexibility index (Phi) is 4.03. The van der Waals surface area contributed by atoms with Crippen molar-refractivity contribution >= 4 is 21.6 Å². The minimum absolute atomic E-state index is 0.105. The third kappa shape index (κ3) is 2.78. The van der Waals surface area contributed by atoms with Crippen LogP contribution in [0.25, 0.3) is 17.1 Å². The fourth-order valence-corrected chi connectivity index (χ4v) is 4.76. The van der Waals surface area contributed by atoms with E-state index in [0.29, 0.717) is 11.7 Å². The summed E-state index contributed by atoms with van der Waals surface area (Å²) in [4.78, 5) is 14.0. The largest absolute Gasteiger partial charge is 0.442 e. The van der Waals surface area contributed by atoms with Gasteiger partial charge in [0, 0.05) is 15.6 Å². The van der Waals surface area contributed by atoms with E-state index in [1.54, 1.807) is 6.20 Å². The van der Waals surface area contributed by atoms with Crippen molar-refractivity contribution in [1.29, 1.82) is 0 Å². The van der Waals surface area contributed by atoms with E-state index in [1.807, 2.05) is 12.4 Å². The molecule has 148 valence electrons. The Hall–Kier alpha value is -2.99. The van der Waals surface area contributed by atoms with Crippen molar-refractivity contribution in [3.8, 4) is 17.1 Å². The second kappa shape index (κ2) is 6.77. The van der Waals surface area contributed by atoms with Crippen molar-refractivity contribution in [3.05, 3.63) is 88.2 Å². The summed E-state index contributed by atoms with van der Waals surface area (Å²) in [5, 5.41) is 0. The molecule has 0 amide bonds. The molecule has 6 heteroatoms. The van der Waals surface area contributed by atoms with E-state index in [2.05, 4.69) is 73.8 Å². The molecule has 30 heavy (non-hydrogen) atoms. The summed E-state index contributed by atoms with van der Waals surface area (Å²) in [5.74, 6) is 1.33. The number of hydrogen-bond donors (Lipinski definition) is 0. The van der Waals surface area contributed by atoms with E-state index >= 15 is 0 Å².